The first-order valence-electron chi connectivity index (χ1n) is 10.1. The Morgan fingerprint density at radius 2 is 1.73 bits per heavy atom. The fourth-order valence-corrected chi connectivity index (χ4v) is 3.83. The average molecular weight is 449 g/mol. The number of benzene rings is 3. The van der Waals surface area contributed by atoms with Crippen molar-refractivity contribution in [1.82, 2.24) is 9.55 Å². The van der Waals surface area contributed by atoms with Crippen LogP contribution in [0.5, 0.6) is 11.6 Å². The molecule has 0 saturated heterocycles. The van der Waals surface area contributed by atoms with Crippen LogP contribution in [0.4, 0.5) is 18.9 Å². The first-order chi connectivity index (χ1) is 15.9. The second-order valence-electron chi connectivity index (χ2n) is 7.52. The molecule has 0 amide bonds. The van der Waals surface area contributed by atoms with Gasteiger partial charge in [0.25, 0.3) is 0 Å². The highest BCUT2D eigenvalue weighted by Gasteiger charge is 2.31. The number of aromatic hydroxyl groups is 1. The van der Waals surface area contributed by atoms with E-state index >= 15 is 0 Å². The standard InChI is InChI=1S/C25H18F3N3O2/c26-25(27,28)33-20-9-7-19(8-10-20)31-15-18-3-1-5-22(23(18)24(31)32)30-14-16-6-11-21-17(13-16)4-2-12-29-21/h1-13,15,30,32H,14H2. The number of pyridine rings is 1. The van der Waals surface area contributed by atoms with Crippen LogP contribution in [0.25, 0.3) is 27.4 Å². The molecule has 0 spiro atoms. The minimum absolute atomic E-state index is 0.0136. The molecular formula is C25H18F3N3O2. The summed E-state index contributed by atoms with van der Waals surface area (Å²) < 4.78 is 42.7. The van der Waals surface area contributed by atoms with Gasteiger partial charge in [-0.2, -0.15) is 0 Å². The molecule has 33 heavy (non-hydrogen) atoms. The fraction of sp³-hybridized carbons (Fsp3) is 0.0800. The largest absolute Gasteiger partial charge is 0.573 e. The highest BCUT2D eigenvalue weighted by Crippen LogP contribution is 2.36. The Balaban J connectivity index is 1.42. The molecule has 0 aliphatic heterocycles. The Hall–Kier alpha value is -4.20. The van der Waals surface area contributed by atoms with Gasteiger partial charge in [0.15, 0.2) is 0 Å². The van der Waals surface area contributed by atoms with Crippen molar-refractivity contribution in [2.45, 2.75) is 12.9 Å². The van der Waals surface area contributed by atoms with Gasteiger partial charge in [-0.1, -0.05) is 24.3 Å². The summed E-state index contributed by atoms with van der Waals surface area (Å²) in [5.74, 6) is -0.337. The minimum atomic E-state index is -4.76. The Bertz CT molecular complexity index is 1440. The number of aromatic nitrogens is 2. The van der Waals surface area contributed by atoms with Gasteiger partial charge in [-0.05, 0) is 54.1 Å². The first kappa shape index (κ1) is 20.7. The molecule has 5 aromatic rings. The molecule has 0 fully saturated rings. The normalized spacial score (nSPS) is 11.7. The molecule has 0 bridgehead atoms. The predicted octanol–water partition coefficient (Wildman–Crippen LogP) is 6.40. The molecule has 2 aromatic heterocycles. The number of fused-ring (bicyclic) bond motifs is 2. The molecule has 0 aliphatic carbocycles. The van der Waals surface area contributed by atoms with Crippen LogP contribution in [0.15, 0.2) is 85.2 Å². The second kappa shape index (κ2) is 8.05. The van der Waals surface area contributed by atoms with E-state index in [1.807, 2.05) is 42.5 Å². The van der Waals surface area contributed by atoms with Crippen molar-refractivity contribution in [2.75, 3.05) is 5.32 Å². The number of nitrogens with one attached hydrogen (secondary N) is 1. The first-order valence-corrected chi connectivity index (χ1v) is 10.1. The van der Waals surface area contributed by atoms with Crippen LogP contribution in [0.3, 0.4) is 0 Å². The second-order valence-corrected chi connectivity index (χ2v) is 7.52. The van der Waals surface area contributed by atoms with E-state index in [0.717, 1.165) is 27.5 Å². The van der Waals surface area contributed by atoms with Crippen molar-refractivity contribution in [3.63, 3.8) is 0 Å². The third-order valence-electron chi connectivity index (χ3n) is 5.32. The van der Waals surface area contributed by atoms with E-state index in [-0.39, 0.29) is 11.6 Å². The molecule has 0 saturated carbocycles. The summed E-state index contributed by atoms with van der Waals surface area (Å²) in [6, 6.07) is 20.9. The van der Waals surface area contributed by atoms with E-state index in [0.29, 0.717) is 17.6 Å². The van der Waals surface area contributed by atoms with E-state index in [1.165, 1.54) is 28.8 Å². The third-order valence-corrected chi connectivity index (χ3v) is 5.32. The van der Waals surface area contributed by atoms with Crippen LogP contribution < -0.4 is 10.1 Å². The molecule has 0 atom stereocenters. The number of nitrogens with zero attached hydrogens (tertiary/aromatic N) is 2. The lowest BCUT2D eigenvalue weighted by molar-refractivity contribution is -0.274. The maximum Gasteiger partial charge on any atom is 0.573 e. The molecule has 3 aromatic carbocycles. The molecule has 2 N–H and O–H groups in total. The summed E-state index contributed by atoms with van der Waals surface area (Å²) in [5, 5.41) is 16.7. The number of hydrogen-bond acceptors (Lipinski definition) is 4. The van der Waals surface area contributed by atoms with Crippen LogP contribution in [0, 0.1) is 0 Å². The molecule has 5 nitrogen and oxygen atoms in total. The smallest absolute Gasteiger partial charge is 0.494 e. The summed E-state index contributed by atoms with van der Waals surface area (Å²) in [6.07, 6.45) is -1.27. The fourth-order valence-electron chi connectivity index (χ4n) is 3.83. The Labute approximate surface area is 186 Å². The number of alkyl halides is 3. The molecule has 8 heteroatoms. The van der Waals surface area contributed by atoms with E-state index in [1.54, 1.807) is 12.4 Å². The number of ether oxygens (including phenoxy) is 1. The van der Waals surface area contributed by atoms with E-state index < -0.39 is 6.36 Å². The average Bonchev–Trinajstić information content (AvgIpc) is 3.14. The van der Waals surface area contributed by atoms with Gasteiger partial charge in [-0.25, -0.2) is 0 Å². The molecule has 0 unspecified atom stereocenters. The summed E-state index contributed by atoms with van der Waals surface area (Å²) in [5.41, 5.74) is 3.23. The maximum absolute atomic E-state index is 12.4. The van der Waals surface area contributed by atoms with Gasteiger partial charge in [0, 0.05) is 41.1 Å². The molecule has 0 radical (unpaired) electrons. The summed E-state index contributed by atoms with van der Waals surface area (Å²) >= 11 is 0. The Kier molecular flexibility index (Phi) is 5.05. The van der Waals surface area contributed by atoms with Crippen molar-refractivity contribution in [1.29, 1.82) is 0 Å². The van der Waals surface area contributed by atoms with E-state index in [2.05, 4.69) is 21.1 Å². The van der Waals surface area contributed by atoms with Crippen molar-refractivity contribution in [2.24, 2.45) is 0 Å². The zero-order valence-electron chi connectivity index (χ0n) is 17.2. The van der Waals surface area contributed by atoms with Gasteiger partial charge in [-0.3, -0.25) is 9.55 Å². The third kappa shape index (κ3) is 4.27. The lowest BCUT2D eigenvalue weighted by Crippen LogP contribution is -2.17. The van der Waals surface area contributed by atoms with Gasteiger partial charge in [-0.15, -0.1) is 13.2 Å². The van der Waals surface area contributed by atoms with Gasteiger partial charge >= 0.3 is 6.36 Å². The molecular weight excluding hydrogens is 431 g/mol. The van der Waals surface area contributed by atoms with Crippen molar-refractivity contribution in [3.8, 4) is 17.3 Å². The van der Waals surface area contributed by atoms with E-state index in [4.69, 9.17) is 0 Å². The van der Waals surface area contributed by atoms with Crippen LogP contribution >= 0.6 is 0 Å². The topological polar surface area (TPSA) is 59.3 Å². The quantitative estimate of drug-likeness (QED) is 0.326. The molecule has 0 aliphatic rings. The van der Waals surface area contributed by atoms with Crippen LogP contribution in [-0.2, 0) is 6.54 Å². The highest BCUT2D eigenvalue weighted by molar-refractivity contribution is 5.99. The lowest BCUT2D eigenvalue weighted by atomic mass is 10.1. The Morgan fingerprint density at radius 1 is 0.939 bits per heavy atom. The number of hydrogen-bond donors (Lipinski definition) is 2. The summed E-state index contributed by atoms with van der Waals surface area (Å²) in [7, 11) is 0. The maximum atomic E-state index is 12.4. The van der Waals surface area contributed by atoms with Gasteiger partial charge in [0.2, 0.25) is 5.88 Å². The lowest BCUT2D eigenvalue weighted by Gasteiger charge is -2.11. The summed E-state index contributed by atoms with van der Waals surface area (Å²) in [4.78, 5) is 4.33. The molecule has 5 rings (SSSR count). The highest BCUT2D eigenvalue weighted by atomic mass is 19.4. The number of anilines is 1. The predicted molar refractivity (Wildman–Crippen MR) is 121 cm³/mol. The van der Waals surface area contributed by atoms with Gasteiger partial charge < -0.3 is 15.2 Å². The SMILES string of the molecule is Oc1c2c(NCc3ccc4ncccc4c3)cccc2cn1-c1ccc(OC(F)(F)F)cc1. The number of halogens is 3. The zero-order chi connectivity index (χ0) is 23.0. The van der Waals surface area contributed by atoms with Gasteiger partial charge in [0.1, 0.15) is 5.75 Å². The summed E-state index contributed by atoms with van der Waals surface area (Å²) in [6.45, 7) is 0.540. The molecule has 166 valence electrons. The van der Waals surface area contributed by atoms with E-state index in [9.17, 15) is 18.3 Å². The van der Waals surface area contributed by atoms with Gasteiger partial charge in [0.05, 0.1) is 10.9 Å². The zero-order valence-corrected chi connectivity index (χ0v) is 17.2. The van der Waals surface area contributed by atoms with Crippen molar-refractivity contribution < 1.29 is 23.0 Å². The minimum Gasteiger partial charge on any atom is -0.494 e. The Morgan fingerprint density at radius 3 is 2.52 bits per heavy atom. The monoisotopic (exact) mass is 449 g/mol. The van der Waals surface area contributed by atoms with Crippen molar-refractivity contribution >= 4 is 27.4 Å². The number of rotatable bonds is 5. The molecule has 2 heterocycles. The van der Waals surface area contributed by atoms with Crippen LogP contribution in [0.1, 0.15) is 5.56 Å². The van der Waals surface area contributed by atoms with Crippen molar-refractivity contribution in [3.05, 3.63) is 90.8 Å². The van der Waals surface area contributed by atoms with Crippen LogP contribution in [0.2, 0.25) is 0 Å². The van der Waals surface area contributed by atoms with Crippen LogP contribution in [-0.4, -0.2) is 21.0 Å².